The van der Waals surface area contributed by atoms with Crippen LogP contribution in [0.3, 0.4) is 0 Å². The largest absolute Gasteiger partial charge is 0.460 e. The summed E-state index contributed by atoms with van der Waals surface area (Å²) in [7, 11) is 0. The van der Waals surface area contributed by atoms with Crippen LogP contribution in [-0.2, 0) is 23.9 Å². The first-order valence-electron chi connectivity index (χ1n) is 25.9. The maximum absolute atomic E-state index is 13.2. The number of urea groups is 1. The Balaban J connectivity index is 4.39. The third kappa shape index (κ3) is 42.2. The van der Waals surface area contributed by atoms with Gasteiger partial charge in [-0.3, -0.25) is 14.4 Å². The molecule has 0 aromatic rings. The number of hydrogen-bond donors (Lipinski definition) is 5. The molecule has 0 spiro atoms. The van der Waals surface area contributed by atoms with Gasteiger partial charge in [0.15, 0.2) is 0 Å². The minimum absolute atomic E-state index is 0.00289. The minimum Gasteiger partial charge on any atom is -0.460 e. The molecule has 62 heavy (non-hydrogen) atoms. The summed E-state index contributed by atoms with van der Waals surface area (Å²) in [5.74, 6) is -1.33. The Morgan fingerprint density at radius 1 is 0.435 bits per heavy atom. The molecule has 5 N–H and O–H groups in total. The monoisotopic (exact) mass is 876 g/mol. The molecule has 1 atom stereocenters. The first-order valence-corrected chi connectivity index (χ1v) is 25.9. The van der Waals surface area contributed by atoms with Crippen molar-refractivity contribution in [2.24, 2.45) is 0 Å². The molecule has 11 nitrogen and oxygen atoms in total. The molecule has 0 aliphatic rings. The van der Waals surface area contributed by atoms with E-state index in [0.29, 0.717) is 13.1 Å². The number of ether oxygens (including phenoxy) is 1. The van der Waals surface area contributed by atoms with Crippen LogP contribution in [0, 0.1) is 0 Å². The number of nitrogens with one attached hydrogen (secondary N) is 5. The fourth-order valence-electron chi connectivity index (χ4n) is 7.59. The lowest BCUT2D eigenvalue weighted by atomic mass is 10.0. The molecular formula is C51H97N5O6. The Labute approximate surface area is 380 Å². The zero-order valence-corrected chi connectivity index (χ0v) is 40.5. The fourth-order valence-corrected chi connectivity index (χ4v) is 7.59. The lowest BCUT2D eigenvalue weighted by molar-refractivity contribution is -0.138. The lowest BCUT2D eigenvalue weighted by Crippen LogP contribution is -2.48. The molecule has 0 saturated heterocycles. The summed E-state index contributed by atoms with van der Waals surface area (Å²) in [6.45, 7) is 10.9. The molecule has 0 bridgehead atoms. The third-order valence-electron chi connectivity index (χ3n) is 11.6. The predicted molar refractivity (Wildman–Crippen MR) is 258 cm³/mol. The van der Waals surface area contributed by atoms with E-state index in [1.54, 1.807) is 6.92 Å². The Morgan fingerprint density at radius 3 is 1.21 bits per heavy atom. The number of amides is 5. The quantitative estimate of drug-likeness (QED) is 0.0233. The van der Waals surface area contributed by atoms with E-state index in [1.165, 1.54) is 173 Å². The molecule has 0 aliphatic heterocycles. The van der Waals surface area contributed by atoms with Crippen molar-refractivity contribution in [1.82, 2.24) is 26.6 Å². The summed E-state index contributed by atoms with van der Waals surface area (Å²) in [4.78, 5) is 62.3. The second-order valence-electron chi connectivity index (χ2n) is 17.8. The van der Waals surface area contributed by atoms with Crippen molar-refractivity contribution in [2.45, 2.75) is 252 Å². The van der Waals surface area contributed by atoms with E-state index in [2.05, 4.69) is 47.0 Å². The van der Waals surface area contributed by atoms with Gasteiger partial charge < -0.3 is 31.3 Å². The average molecular weight is 876 g/mol. The molecular weight excluding hydrogens is 779 g/mol. The summed E-state index contributed by atoms with van der Waals surface area (Å²) in [5, 5.41) is 13.9. The topological polar surface area (TPSA) is 155 Å². The Bertz CT molecular complexity index is 1120. The average Bonchev–Trinajstić information content (AvgIpc) is 3.25. The molecule has 11 heteroatoms. The number of carbonyl (C=O) groups is 5. The van der Waals surface area contributed by atoms with Crippen LogP contribution in [-0.4, -0.2) is 68.5 Å². The number of hydrogen-bond acceptors (Lipinski definition) is 6. The highest BCUT2D eigenvalue weighted by Gasteiger charge is 2.21. The Morgan fingerprint density at radius 2 is 0.806 bits per heavy atom. The van der Waals surface area contributed by atoms with Gasteiger partial charge in [0.05, 0.1) is 6.54 Å². The highest BCUT2D eigenvalue weighted by Crippen LogP contribution is 2.15. The van der Waals surface area contributed by atoms with Crippen molar-refractivity contribution >= 4 is 29.7 Å². The van der Waals surface area contributed by atoms with Gasteiger partial charge in [-0.1, -0.05) is 213 Å². The van der Waals surface area contributed by atoms with E-state index in [9.17, 15) is 24.0 Å². The molecule has 0 fully saturated rings. The second-order valence-corrected chi connectivity index (χ2v) is 17.8. The molecule has 0 rings (SSSR count). The molecule has 362 valence electrons. The number of unbranched alkanes of at least 4 members (excludes halogenated alkanes) is 30. The van der Waals surface area contributed by atoms with Crippen molar-refractivity contribution in [3.8, 4) is 0 Å². The normalized spacial score (nSPS) is 11.5. The molecule has 0 aliphatic carbocycles. The molecule has 5 amide bonds. The lowest BCUT2D eigenvalue weighted by Gasteiger charge is -2.19. The number of esters is 1. The number of rotatable bonds is 46. The molecule has 0 heterocycles. The number of carbonyl (C=O) groups excluding carboxylic acids is 5. The Kier molecular flexibility index (Phi) is 43.6. The van der Waals surface area contributed by atoms with Crippen LogP contribution >= 0.6 is 0 Å². The van der Waals surface area contributed by atoms with Gasteiger partial charge in [0.2, 0.25) is 17.7 Å². The molecule has 0 radical (unpaired) electrons. The van der Waals surface area contributed by atoms with Gasteiger partial charge in [-0.15, -0.1) is 0 Å². The van der Waals surface area contributed by atoms with Crippen molar-refractivity contribution in [2.75, 3.05) is 32.8 Å². The fraction of sp³-hybridized carbons (Fsp3) is 0.863. The van der Waals surface area contributed by atoms with Crippen molar-refractivity contribution < 1.29 is 28.7 Å². The molecule has 0 aromatic heterocycles. The van der Waals surface area contributed by atoms with Crippen molar-refractivity contribution in [1.29, 1.82) is 0 Å². The minimum atomic E-state index is -0.846. The first kappa shape index (κ1) is 58.9. The molecule has 1 unspecified atom stereocenters. The SMILES string of the molecule is C=C(C)C(=O)OCCNC(=O)NCCC(=O)NC(CCC(=O)NCCCCCCCCCCCCCCCCCC)C(=O)NCCCCCCCCCCCCCCCCCC. The van der Waals surface area contributed by atoms with E-state index in [-0.39, 0.29) is 56.3 Å². The first-order chi connectivity index (χ1) is 30.2. The van der Waals surface area contributed by atoms with Gasteiger partial charge in [-0.05, 0) is 26.2 Å². The van der Waals surface area contributed by atoms with Crippen LogP contribution in [0.1, 0.15) is 245 Å². The highest BCUT2D eigenvalue weighted by atomic mass is 16.5. The van der Waals surface area contributed by atoms with Crippen LogP contribution in [0.5, 0.6) is 0 Å². The van der Waals surface area contributed by atoms with Crippen LogP contribution in [0.2, 0.25) is 0 Å². The maximum atomic E-state index is 13.2. The van der Waals surface area contributed by atoms with Gasteiger partial charge in [0.25, 0.3) is 0 Å². The van der Waals surface area contributed by atoms with Crippen molar-refractivity contribution in [3.05, 3.63) is 12.2 Å². The molecule has 0 saturated carbocycles. The second kappa shape index (κ2) is 45.9. The van der Waals surface area contributed by atoms with E-state index in [1.807, 2.05) is 0 Å². The standard InChI is InChI=1S/C51H97N5O6/c1-5-7-9-11-13-15-17-19-21-23-25-27-29-31-33-35-40-52-47(57)38-37-46(56-48(58)39-42-54-51(61)55-43-44-62-50(60)45(3)4)49(59)53-41-36-34-32-30-28-26-24-22-20-18-16-14-12-10-8-6-2/h46H,3,5-44H2,1-2,4H3,(H,52,57)(H,53,59)(H,56,58)(H2,54,55,61). The van der Waals surface area contributed by atoms with Gasteiger partial charge in [0.1, 0.15) is 12.6 Å². The third-order valence-corrected chi connectivity index (χ3v) is 11.6. The molecule has 0 aromatic carbocycles. The zero-order chi connectivity index (χ0) is 45.6. The van der Waals surface area contributed by atoms with Crippen LogP contribution < -0.4 is 26.6 Å². The smallest absolute Gasteiger partial charge is 0.333 e. The van der Waals surface area contributed by atoms with Crippen LogP contribution in [0.25, 0.3) is 0 Å². The van der Waals surface area contributed by atoms with Gasteiger partial charge in [-0.25, -0.2) is 9.59 Å². The predicted octanol–water partition coefficient (Wildman–Crippen LogP) is 11.8. The summed E-state index contributed by atoms with van der Waals surface area (Å²) < 4.78 is 4.95. The van der Waals surface area contributed by atoms with Crippen molar-refractivity contribution in [3.63, 3.8) is 0 Å². The van der Waals surface area contributed by atoms with E-state index in [4.69, 9.17) is 4.74 Å². The Hall–Kier alpha value is -3.11. The van der Waals surface area contributed by atoms with Gasteiger partial charge in [0, 0.05) is 38.0 Å². The van der Waals surface area contributed by atoms with Crippen LogP contribution in [0.4, 0.5) is 4.79 Å². The van der Waals surface area contributed by atoms with E-state index >= 15 is 0 Å². The van der Waals surface area contributed by atoms with Gasteiger partial charge in [-0.2, -0.15) is 0 Å². The summed E-state index contributed by atoms with van der Waals surface area (Å²) in [5.41, 5.74) is 0.277. The zero-order valence-electron chi connectivity index (χ0n) is 40.5. The summed E-state index contributed by atoms with van der Waals surface area (Å²) >= 11 is 0. The van der Waals surface area contributed by atoms with Crippen LogP contribution in [0.15, 0.2) is 12.2 Å². The van der Waals surface area contributed by atoms with E-state index < -0.39 is 23.9 Å². The summed E-state index contributed by atoms with van der Waals surface area (Å²) in [6, 6.07) is -1.35. The van der Waals surface area contributed by atoms with E-state index in [0.717, 1.165) is 32.1 Å². The highest BCUT2D eigenvalue weighted by molar-refractivity contribution is 5.88. The summed E-state index contributed by atoms with van der Waals surface area (Å²) in [6.07, 6.45) is 41.7. The van der Waals surface area contributed by atoms with Gasteiger partial charge >= 0.3 is 12.0 Å². The maximum Gasteiger partial charge on any atom is 0.333 e.